The van der Waals surface area contributed by atoms with E-state index in [0.717, 1.165) is 68.6 Å². The Balaban J connectivity index is 1.84. The second-order valence-electron chi connectivity index (χ2n) is 17.3. The molecule has 0 amide bonds. The monoisotopic (exact) mass is 1020 g/mol. The van der Waals surface area contributed by atoms with Gasteiger partial charge in [0.1, 0.15) is 30.7 Å². The third-order valence-corrected chi connectivity index (χ3v) is 13.5. The molecule has 69 heavy (non-hydrogen) atoms. The minimum absolute atomic E-state index is 0.0372. The molecule has 1 aliphatic rings. The molecule has 1 aromatic rings. The molecule has 2 heterocycles. The van der Waals surface area contributed by atoms with E-state index in [2.05, 4.69) is 46.6 Å². The van der Waals surface area contributed by atoms with Crippen LogP contribution in [-0.2, 0) is 46.3 Å². The molecule has 1 aliphatic heterocycles. The number of nitrogens with two attached hydrogens (primary N) is 1. The SMILES string of the molecule is CCCCCCCCCCCCCCCC(=O)OC[C@H](COP(=O)(O)OP(=O)(O)OC[C@H]1O[C@@H](n2ccc(N)nc2=O)[C@H](O)[C@@H]1O)OC(=O)CCC/C=C\C/C=C\C/C=C\C/C=C\CCC[C@H](C)O. The Morgan fingerprint density at radius 1 is 0.754 bits per heavy atom. The molecule has 0 aromatic carbocycles. The van der Waals surface area contributed by atoms with Crippen molar-refractivity contribution in [1.29, 1.82) is 0 Å². The van der Waals surface area contributed by atoms with Crippen molar-refractivity contribution in [1.82, 2.24) is 9.55 Å². The molecule has 0 spiro atoms. The van der Waals surface area contributed by atoms with E-state index < -0.39 is 83.7 Å². The Morgan fingerprint density at radius 3 is 1.84 bits per heavy atom. The lowest BCUT2D eigenvalue weighted by atomic mass is 10.0. The van der Waals surface area contributed by atoms with E-state index in [1.54, 1.807) is 6.92 Å². The van der Waals surface area contributed by atoms with Gasteiger partial charge in [0, 0.05) is 19.0 Å². The van der Waals surface area contributed by atoms with E-state index in [9.17, 15) is 48.6 Å². The molecular formula is C48H81N3O16P2. The van der Waals surface area contributed by atoms with Crippen LogP contribution in [0.25, 0.3) is 0 Å². The summed E-state index contributed by atoms with van der Waals surface area (Å²) in [5.74, 6) is -1.38. The van der Waals surface area contributed by atoms with Gasteiger partial charge < -0.3 is 45.1 Å². The van der Waals surface area contributed by atoms with Gasteiger partial charge in [0.25, 0.3) is 0 Å². The molecule has 1 saturated heterocycles. The first kappa shape index (κ1) is 61.8. The second kappa shape index (κ2) is 36.6. The summed E-state index contributed by atoms with van der Waals surface area (Å²) in [6.07, 6.45) is 30.5. The Kier molecular flexibility index (Phi) is 32.8. The van der Waals surface area contributed by atoms with Crippen molar-refractivity contribution in [2.24, 2.45) is 0 Å². The zero-order chi connectivity index (χ0) is 50.8. The van der Waals surface area contributed by atoms with Gasteiger partial charge in [-0.1, -0.05) is 133 Å². The first-order valence-corrected chi connectivity index (χ1v) is 27.7. The predicted molar refractivity (Wildman–Crippen MR) is 262 cm³/mol. The molecule has 7 N–H and O–H groups in total. The van der Waals surface area contributed by atoms with Gasteiger partial charge in [-0.3, -0.25) is 23.2 Å². The molecule has 0 saturated carbocycles. The van der Waals surface area contributed by atoms with Crippen LogP contribution in [0, 0.1) is 0 Å². The molecule has 2 unspecified atom stereocenters. The topological polar surface area (TPSA) is 286 Å². The van der Waals surface area contributed by atoms with Gasteiger partial charge in [0.15, 0.2) is 12.3 Å². The summed E-state index contributed by atoms with van der Waals surface area (Å²) in [6.45, 7) is 1.64. The number of hydrogen-bond acceptors (Lipinski definition) is 16. The number of hydrogen-bond donors (Lipinski definition) is 6. The van der Waals surface area contributed by atoms with Crippen LogP contribution in [0.15, 0.2) is 65.7 Å². The molecular weight excluding hydrogens is 936 g/mol. The second-order valence-corrected chi connectivity index (χ2v) is 20.3. The molecule has 1 fully saturated rings. The van der Waals surface area contributed by atoms with Crippen molar-refractivity contribution < 1.29 is 71.4 Å². The van der Waals surface area contributed by atoms with Crippen LogP contribution in [0.2, 0.25) is 0 Å². The average molecular weight is 1020 g/mol. The third kappa shape index (κ3) is 30.2. The van der Waals surface area contributed by atoms with Crippen molar-refractivity contribution >= 4 is 33.4 Å². The summed E-state index contributed by atoms with van der Waals surface area (Å²) in [4.78, 5) is 61.8. The normalized spacial score (nSPS) is 20.2. The maximum Gasteiger partial charge on any atom is 0.481 e. The first-order valence-electron chi connectivity index (χ1n) is 24.7. The summed E-state index contributed by atoms with van der Waals surface area (Å²) in [6, 6.07) is 1.24. The lowest BCUT2D eigenvalue weighted by molar-refractivity contribution is -0.161. The van der Waals surface area contributed by atoms with Crippen LogP contribution in [0.4, 0.5) is 5.82 Å². The van der Waals surface area contributed by atoms with Gasteiger partial charge in [-0.05, 0) is 70.8 Å². The summed E-state index contributed by atoms with van der Waals surface area (Å²) >= 11 is 0. The number of rotatable bonds is 40. The number of carbonyl (C=O) groups excluding carboxylic acids is 2. The van der Waals surface area contributed by atoms with Crippen molar-refractivity contribution in [3.63, 3.8) is 0 Å². The predicted octanol–water partition coefficient (Wildman–Crippen LogP) is 8.75. The lowest BCUT2D eigenvalue weighted by Gasteiger charge is -2.21. The number of phosphoric acid groups is 2. The van der Waals surface area contributed by atoms with Gasteiger partial charge in [-0.2, -0.15) is 9.29 Å². The number of esters is 2. The van der Waals surface area contributed by atoms with Crippen molar-refractivity contribution in [2.75, 3.05) is 25.6 Å². The average Bonchev–Trinajstić information content (AvgIpc) is 3.57. The van der Waals surface area contributed by atoms with Crippen LogP contribution < -0.4 is 11.4 Å². The molecule has 394 valence electrons. The molecule has 0 radical (unpaired) electrons. The largest absolute Gasteiger partial charge is 0.481 e. The standard InChI is InChI=1S/C48H81N3O16P2/c1-3-4-5-6-7-8-9-13-17-20-23-26-29-32-43(53)62-36-40(65-44(54)33-30-27-24-21-18-15-12-10-11-14-16-19-22-25-28-31-39(2)52)37-63-68(58,59)67-69(60,61)64-38-41-45(55)46(56)47(66-41)51-35-34-42(49)50-48(51)57/h11-12,14-15,19,21-22,24,34-35,39-41,45-47,52,55-56H,3-10,13,16-18,20,23,25-33,36-38H2,1-2H3,(H,58,59)(H,60,61)(H2,49,50,57)/b14-11-,15-12-,22-19-,24-21-/t39-,40+,41+,45+,46+,47+/m0/s1. The Bertz CT molecular complexity index is 1860. The Morgan fingerprint density at radius 2 is 1.28 bits per heavy atom. The number of aliphatic hydroxyl groups excluding tert-OH is 3. The number of phosphoric ester groups is 2. The summed E-state index contributed by atoms with van der Waals surface area (Å²) in [5.41, 5.74) is 4.58. The fourth-order valence-corrected chi connectivity index (χ4v) is 9.20. The maximum atomic E-state index is 12.8. The third-order valence-electron chi connectivity index (χ3n) is 10.9. The molecule has 2 rings (SSSR count). The van der Waals surface area contributed by atoms with Gasteiger partial charge in [-0.15, -0.1) is 0 Å². The molecule has 19 nitrogen and oxygen atoms in total. The number of ether oxygens (including phenoxy) is 3. The molecule has 8 atom stereocenters. The number of unbranched alkanes of at least 4 members (excludes halogenated alkanes) is 14. The first-order chi connectivity index (χ1) is 33.0. The number of allylic oxidation sites excluding steroid dienone is 8. The van der Waals surface area contributed by atoms with Gasteiger partial charge in [-0.25, -0.2) is 13.9 Å². The van der Waals surface area contributed by atoms with Gasteiger partial charge in [0.2, 0.25) is 0 Å². The smallest absolute Gasteiger partial charge is 0.462 e. The quantitative estimate of drug-likeness (QED) is 0.0155. The van der Waals surface area contributed by atoms with Gasteiger partial charge in [0.05, 0.1) is 19.3 Å². The highest BCUT2D eigenvalue weighted by Crippen LogP contribution is 2.60. The van der Waals surface area contributed by atoms with E-state index in [-0.39, 0.29) is 24.8 Å². The molecule has 0 bridgehead atoms. The Hall–Kier alpha value is -3.32. The number of aliphatic hydroxyl groups is 3. The van der Waals surface area contributed by atoms with Crippen LogP contribution >= 0.6 is 15.6 Å². The number of nitrogens with zero attached hydrogens (tertiary/aromatic N) is 2. The molecule has 0 aliphatic carbocycles. The molecule has 1 aromatic heterocycles. The van der Waals surface area contributed by atoms with E-state index in [1.807, 2.05) is 18.2 Å². The fourth-order valence-electron chi connectivity index (χ4n) is 7.09. The van der Waals surface area contributed by atoms with Crippen molar-refractivity contribution in [3.05, 3.63) is 71.4 Å². The van der Waals surface area contributed by atoms with Crippen molar-refractivity contribution in [2.45, 2.75) is 198 Å². The number of carbonyl (C=O) groups is 2. The highest BCUT2D eigenvalue weighted by Gasteiger charge is 2.46. The zero-order valence-electron chi connectivity index (χ0n) is 40.7. The van der Waals surface area contributed by atoms with Crippen LogP contribution in [0.1, 0.15) is 168 Å². The summed E-state index contributed by atoms with van der Waals surface area (Å²) in [7, 11) is -10.9. The van der Waals surface area contributed by atoms with E-state index in [0.29, 0.717) is 25.7 Å². The fraction of sp³-hybridized carbons (Fsp3) is 0.708. The van der Waals surface area contributed by atoms with Crippen molar-refractivity contribution in [3.8, 4) is 0 Å². The van der Waals surface area contributed by atoms with Crippen LogP contribution in [0.5, 0.6) is 0 Å². The van der Waals surface area contributed by atoms with Crippen LogP contribution in [0.3, 0.4) is 0 Å². The number of nitrogen functional groups attached to an aromatic ring is 1. The minimum atomic E-state index is -5.44. The van der Waals surface area contributed by atoms with Crippen LogP contribution in [-0.4, -0.2) is 96.9 Å². The molecule has 21 heteroatoms. The maximum absolute atomic E-state index is 12.8. The number of anilines is 1. The number of aromatic nitrogens is 2. The highest BCUT2D eigenvalue weighted by atomic mass is 31.3. The summed E-state index contributed by atoms with van der Waals surface area (Å²) < 4.78 is 56.6. The van der Waals surface area contributed by atoms with E-state index in [4.69, 9.17) is 29.0 Å². The summed E-state index contributed by atoms with van der Waals surface area (Å²) in [5, 5.41) is 30.2. The Labute approximate surface area is 408 Å². The lowest BCUT2D eigenvalue weighted by Crippen LogP contribution is -2.36. The minimum Gasteiger partial charge on any atom is -0.462 e. The zero-order valence-corrected chi connectivity index (χ0v) is 42.5. The highest BCUT2D eigenvalue weighted by molar-refractivity contribution is 7.61. The van der Waals surface area contributed by atoms with E-state index >= 15 is 0 Å². The van der Waals surface area contributed by atoms with E-state index in [1.165, 1.54) is 57.4 Å². The van der Waals surface area contributed by atoms with Gasteiger partial charge >= 0.3 is 33.3 Å².